The van der Waals surface area contributed by atoms with E-state index in [1.165, 1.54) is 24.3 Å². The maximum Gasteiger partial charge on any atom is 0.233 e. The normalized spacial score (nSPS) is 11.5. The van der Waals surface area contributed by atoms with Crippen molar-refractivity contribution in [2.24, 2.45) is 0 Å². The molecule has 0 aliphatic rings. The predicted octanol–water partition coefficient (Wildman–Crippen LogP) is 5.69. The maximum absolute atomic E-state index is 13.1. The molecule has 1 aromatic heterocycles. The lowest BCUT2D eigenvalue weighted by Crippen LogP contribution is -2.08. The molecule has 3 aromatic rings. The summed E-state index contributed by atoms with van der Waals surface area (Å²) in [6.07, 6.45) is 1.82. The fraction of sp³-hybridized carbons (Fsp3) is 0.211. The number of aromatic nitrogens is 1. The molecule has 0 aliphatic heterocycles. The van der Waals surface area contributed by atoms with Gasteiger partial charge in [-0.15, -0.1) is 0 Å². The highest BCUT2D eigenvalue weighted by Crippen LogP contribution is 2.35. The van der Waals surface area contributed by atoms with Gasteiger partial charge in [0.2, 0.25) is 26.6 Å². The topological polar surface area (TPSA) is 72.2 Å². The summed E-state index contributed by atoms with van der Waals surface area (Å²) in [7, 11) is -3.89. The van der Waals surface area contributed by atoms with Crippen molar-refractivity contribution in [1.82, 2.24) is 4.98 Å². The van der Waals surface area contributed by atoms with Gasteiger partial charge in [-0.05, 0) is 42.8 Å². The highest BCUT2D eigenvalue weighted by molar-refractivity contribution is 7.91. The van der Waals surface area contributed by atoms with Gasteiger partial charge in [0.25, 0.3) is 0 Å². The molecule has 27 heavy (non-hydrogen) atoms. The number of sulfone groups is 1. The summed E-state index contributed by atoms with van der Waals surface area (Å²) in [6, 6.07) is 12.9. The van der Waals surface area contributed by atoms with Gasteiger partial charge in [0.15, 0.2) is 0 Å². The Balaban J connectivity index is 2.09. The molecular weight excluding hydrogens is 407 g/mol. The van der Waals surface area contributed by atoms with E-state index in [1.54, 1.807) is 24.3 Å². The van der Waals surface area contributed by atoms with Crippen molar-refractivity contribution in [3.05, 3.63) is 58.6 Å². The van der Waals surface area contributed by atoms with Crippen LogP contribution in [-0.4, -0.2) is 19.9 Å². The molecule has 0 radical (unpaired) electrons. The van der Waals surface area contributed by atoms with Crippen molar-refractivity contribution < 1.29 is 12.8 Å². The van der Waals surface area contributed by atoms with Crippen LogP contribution in [0.2, 0.25) is 10.0 Å². The van der Waals surface area contributed by atoms with Crippen LogP contribution in [0.4, 0.5) is 5.88 Å². The summed E-state index contributed by atoms with van der Waals surface area (Å²) in [5.74, 6) is 0.250. The van der Waals surface area contributed by atoms with E-state index in [4.69, 9.17) is 27.6 Å². The molecule has 142 valence electrons. The Morgan fingerprint density at radius 3 is 2.44 bits per heavy atom. The Morgan fingerprint density at radius 1 is 1.07 bits per heavy atom. The molecule has 0 aliphatic carbocycles. The summed E-state index contributed by atoms with van der Waals surface area (Å²) in [4.78, 5) is 4.34. The summed E-state index contributed by atoms with van der Waals surface area (Å²) in [6.45, 7) is 2.61. The van der Waals surface area contributed by atoms with Crippen LogP contribution < -0.4 is 5.32 Å². The first-order chi connectivity index (χ1) is 12.9. The van der Waals surface area contributed by atoms with Crippen LogP contribution >= 0.6 is 23.2 Å². The number of rotatable bonds is 7. The number of hydrogen-bond donors (Lipinski definition) is 1. The van der Waals surface area contributed by atoms with E-state index in [0.717, 1.165) is 12.8 Å². The predicted molar refractivity (Wildman–Crippen MR) is 107 cm³/mol. The standard InChI is InChI=1S/C19H18Cl2N2O3S/c1-2-3-12-22-18-19(27(24,25)14-10-8-13(20)9-11-14)23-17(26-18)15-6-4-5-7-16(15)21/h4-11,22H,2-3,12H2,1H3. The van der Waals surface area contributed by atoms with Crippen molar-refractivity contribution >= 4 is 38.9 Å². The molecule has 5 nitrogen and oxygen atoms in total. The average molecular weight is 425 g/mol. The minimum Gasteiger partial charge on any atom is -0.419 e. The lowest BCUT2D eigenvalue weighted by Gasteiger charge is -2.05. The van der Waals surface area contributed by atoms with Gasteiger partial charge in [-0.1, -0.05) is 48.7 Å². The van der Waals surface area contributed by atoms with E-state index in [1.807, 2.05) is 6.92 Å². The van der Waals surface area contributed by atoms with E-state index >= 15 is 0 Å². The van der Waals surface area contributed by atoms with Crippen LogP contribution in [0.5, 0.6) is 0 Å². The van der Waals surface area contributed by atoms with Crippen molar-refractivity contribution in [1.29, 1.82) is 0 Å². The number of nitrogens with one attached hydrogen (secondary N) is 1. The van der Waals surface area contributed by atoms with Crippen molar-refractivity contribution in [2.45, 2.75) is 29.7 Å². The van der Waals surface area contributed by atoms with Crippen molar-refractivity contribution in [3.63, 3.8) is 0 Å². The van der Waals surface area contributed by atoms with Crippen LogP contribution in [0, 0.1) is 0 Å². The molecular formula is C19H18Cl2N2O3S. The molecule has 0 atom stereocenters. The molecule has 0 unspecified atom stereocenters. The largest absolute Gasteiger partial charge is 0.419 e. The quantitative estimate of drug-likeness (QED) is 0.492. The molecule has 8 heteroatoms. The summed E-state index contributed by atoms with van der Waals surface area (Å²) in [5.41, 5.74) is 0.523. The number of unbranched alkanes of at least 4 members (excludes halogenated alkanes) is 1. The SMILES string of the molecule is CCCCNc1oc(-c2ccccc2Cl)nc1S(=O)(=O)c1ccc(Cl)cc1. The van der Waals surface area contributed by atoms with Gasteiger partial charge in [-0.3, -0.25) is 0 Å². The number of halogens is 2. The Morgan fingerprint density at radius 2 is 1.78 bits per heavy atom. The third-order valence-corrected chi connectivity index (χ3v) is 6.15. The monoisotopic (exact) mass is 424 g/mol. The number of oxazole rings is 1. The lowest BCUT2D eigenvalue weighted by molar-refractivity contribution is 0.575. The van der Waals surface area contributed by atoms with Gasteiger partial charge in [-0.25, -0.2) is 8.42 Å². The smallest absolute Gasteiger partial charge is 0.233 e. The Hall–Kier alpha value is -2.02. The maximum atomic E-state index is 13.1. The third-order valence-electron chi connectivity index (χ3n) is 3.89. The van der Waals surface area contributed by atoms with Crippen LogP contribution in [0.1, 0.15) is 19.8 Å². The second-order valence-corrected chi connectivity index (χ2v) is 8.58. The first-order valence-corrected chi connectivity index (χ1v) is 10.7. The third kappa shape index (κ3) is 4.29. The van der Waals surface area contributed by atoms with Gasteiger partial charge in [0.1, 0.15) is 0 Å². The van der Waals surface area contributed by atoms with Gasteiger partial charge in [0, 0.05) is 11.6 Å². The Labute approximate surface area is 168 Å². The highest BCUT2D eigenvalue weighted by atomic mass is 35.5. The van der Waals surface area contributed by atoms with Crippen LogP contribution in [0.15, 0.2) is 62.9 Å². The minimum atomic E-state index is -3.89. The first kappa shape index (κ1) is 19.7. The number of benzene rings is 2. The van der Waals surface area contributed by atoms with E-state index in [2.05, 4.69) is 10.3 Å². The molecule has 3 rings (SSSR count). The number of anilines is 1. The molecule has 0 spiro atoms. The van der Waals surface area contributed by atoms with Gasteiger partial charge in [-0.2, -0.15) is 4.98 Å². The molecule has 0 saturated heterocycles. The number of nitrogens with zero attached hydrogens (tertiary/aromatic N) is 1. The van der Waals surface area contributed by atoms with E-state index in [0.29, 0.717) is 22.2 Å². The molecule has 0 bridgehead atoms. The Kier molecular flexibility index (Phi) is 6.09. The van der Waals surface area contributed by atoms with Crippen molar-refractivity contribution in [2.75, 3.05) is 11.9 Å². The summed E-state index contributed by atoms with van der Waals surface area (Å²) in [5, 5.41) is 3.74. The zero-order chi connectivity index (χ0) is 19.4. The summed E-state index contributed by atoms with van der Waals surface area (Å²) < 4.78 is 31.9. The van der Waals surface area contributed by atoms with Gasteiger partial charge in [0.05, 0.1) is 15.5 Å². The fourth-order valence-electron chi connectivity index (χ4n) is 2.45. The molecule has 2 aromatic carbocycles. The lowest BCUT2D eigenvalue weighted by atomic mass is 10.2. The zero-order valence-electron chi connectivity index (χ0n) is 14.6. The van der Waals surface area contributed by atoms with Crippen LogP contribution in [0.25, 0.3) is 11.5 Å². The van der Waals surface area contributed by atoms with Gasteiger partial charge < -0.3 is 9.73 Å². The summed E-state index contributed by atoms with van der Waals surface area (Å²) >= 11 is 12.1. The van der Waals surface area contributed by atoms with Crippen LogP contribution in [-0.2, 0) is 9.84 Å². The fourth-order valence-corrected chi connectivity index (χ4v) is 4.08. The van der Waals surface area contributed by atoms with Gasteiger partial charge >= 0.3 is 0 Å². The van der Waals surface area contributed by atoms with Crippen molar-refractivity contribution in [3.8, 4) is 11.5 Å². The Bertz CT molecular complexity index is 1030. The zero-order valence-corrected chi connectivity index (χ0v) is 16.9. The first-order valence-electron chi connectivity index (χ1n) is 8.43. The van der Waals surface area contributed by atoms with E-state index in [9.17, 15) is 8.42 Å². The van der Waals surface area contributed by atoms with Crippen LogP contribution in [0.3, 0.4) is 0 Å². The highest BCUT2D eigenvalue weighted by Gasteiger charge is 2.28. The molecule has 0 amide bonds. The molecule has 0 fully saturated rings. The second kappa shape index (κ2) is 8.33. The minimum absolute atomic E-state index is 0.0875. The molecule has 1 heterocycles. The average Bonchev–Trinajstić information content (AvgIpc) is 3.07. The molecule has 0 saturated carbocycles. The second-order valence-electron chi connectivity index (χ2n) is 5.87. The van der Waals surface area contributed by atoms with E-state index in [-0.39, 0.29) is 21.7 Å². The molecule has 1 N–H and O–H groups in total. The number of hydrogen-bond acceptors (Lipinski definition) is 5. The van der Waals surface area contributed by atoms with E-state index < -0.39 is 9.84 Å².